The molecular formula is C13H16N2O2. The van der Waals surface area contributed by atoms with Crippen molar-refractivity contribution in [3.63, 3.8) is 0 Å². The molecule has 0 amide bonds. The third kappa shape index (κ3) is 2.72. The summed E-state index contributed by atoms with van der Waals surface area (Å²) in [5.41, 5.74) is 2.40. The van der Waals surface area contributed by atoms with Crippen LogP contribution in [-0.4, -0.2) is 24.1 Å². The van der Waals surface area contributed by atoms with E-state index in [0.717, 1.165) is 0 Å². The van der Waals surface area contributed by atoms with Gasteiger partial charge in [-0.05, 0) is 31.6 Å². The number of nitrogens with one attached hydrogen (secondary N) is 2. The van der Waals surface area contributed by atoms with Gasteiger partial charge in [-0.25, -0.2) is 0 Å². The third-order valence-corrected chi connectivity index (χ3v) is 2.44. The lowest BCUT2D eigenvalue weighted by Gasteiger charge is -2.13. The van der Waals surface area contributed by atoms with E-state index >= 15 is 0 Å². The molecule has 3 N–H and O–H groups in total. The first kappa shape index (κ1) is 13.0. The Morgan fingerprint density at radius 2 is 2.00 bits per heavy atom. The molecule has 90 valence electrons. The highest BCUT2D eigenvalue weighted by atomic mass is 16.5. The highest BCUT2D eigenvalue weighted by Gasteiger charge is 2.13. The van der Waals surface area contributed by atoms with Crippen LogP contribution >= 0.6 is 0 Å². The molecular weight excluding hydrogens is 216 g/mol. The van der Waals surface area contributed by atoms with Crippen molar-refractivity contribution >= 4 is 17.5 Å². The van der Waals surface area contributed by atoms with Gasteiger partial charge in [0.15, 0.2) is 0 Å². The highest BCUT2D eigenvalue weighted by molar-refractivity contribution is 6.25. The van der Waals surface area contributed by atoms with Gasteiger partial charge >= 0.3 is 0 Å². The van der Waals surface area contributed by atoms with E-state index in [0.29, 0.717) is 28.2 Å². The number of aromatic hydroxyl groups is 1. The van der Waals surface area contributed by atoms with Crippen LogP contribution in [0.15, 0.2) is 23.8 Å². The van der Waals surface area contributed by atoms with E-state index in [4.69, 9.17) is 15.6 Å². The maximum absolute atomic E-state index is 9.39. The van der Waals surface area contributed by atoms with E-state index in [1.807, 2.05) is 0 Å². The van der Waals surface area contributed by atoms with Crippen molar-refractivity contribution in [1.29, 1.82) is 10.8 Å². The van der Waals surface area contributed by atoms with Gasteiger partial charge in [-0.1, -0.05) is 0 Å². The molecule has 0 bridgehead atoms. The van der Waals surface area contributed by atoms with Gasteiger partial charge in [0.05, 0.1) is 7.11 Å². The number of rotatable bonds is 4. The smallest absolute Gasteiger partial charge is 0.130 e. The number of ether oxygens (including phenoxy) is 1. The van der Waals surface area contributed by atoms with Crippen LogP contribution in [0.2, 0.25) is 0 Å². The van der Waals surface area contributed by atoms with Crippen LogP contribution in [-0.2, 0) is 0 Å². The maximum Gasteiger partial charge on any atom is 0.130 e. The van der Waals surface area contributed by atoms with Gasteiger partial charge < -0.3 is 20.7 Å². The molecule has 0 saturated heterocycles. The van der Waals surface area contributed by atoms with Crippen molar-refractivity contribution in [3.8, 4) is 11.5 Å². The quantitative estimate of drug-likeness (QED) is 0.698. The molecule has 1 aromatic carbocycles. The molecule has 4 nitrogen and oxygen atoms in total. The summed E-state index contributed by atoms with van der Waals surface area (Å²) < 4.78 is 5.19. The maximum atomic E-state index is 9.39. The first-order valence-electron chi connectivity index (χ1n) is 5.15. The molecule has 4 heteroatoms. The average Bonchev–Trinajstić information content (AvgIpc) is 2.30. The Morgan fingerprint density at radius 1 is 1.35 bits per heavy atom. The van der Waals surface area contributed by atoms with E-state index in [1.54, 1.807) is 19.9 Å². The van der Waals surface area contributed by atoms with Crippen LogP contribution in [0.25, 0.3) is 5.57 Å². The molecule has 0 aromatic heterocycles. The largest absolute Gasteiger partial charge is 0.508 e. The SMILES string of the molecule is COc1cc(O)ccc1/C(C(C)=N)=C(\C)C=N. The van der Waals surface area contributed by atoms with Crippen LogP contribution in [0, 0.1) is 10.8 Å². The molecule has 0 fully saturated rings. The van der Waals surface area contributed by atoms with Crippen molar-refractivity contribution in [2.45, 2.75) is 13.8 Å². The Kier molecular flexibility index (Phi) is 4.04. The van der Waals surface area contributed by atoms with Gasteiger partial charge in [0.1, 0.15) is 11.5 Å². The minimum atomic E-state index is 0.111. The Hall–Kier alpha value is -2.10. The number of phenolic OH excluding ortho intramolecular Hbond substituents is 1. The van der Waals surface area contributed by atoms with Crippen LogP contribution in [0.4, 0.5) is 0 Å². The number of hydrogen-bond donors (Lipinski definition) is 3. The summed E-state index contributed by atoms with van der Waals surface area (Å²) in [5.74, 6) is 0.605. The monoisotopic (exact) mass is 232 g/mol. The Labute approximate surface area is 101 Å². The molecule has 0 aliphatic carbocycles. The molecule has 0 saturated carbocycles. The zero-order valence-electron chi connectivity index (χ0n) is 10.2. The fraction of sp³-hybridized carbons (Fsp3) is 0.231. The number of hydrogen-bond acceptors (Lipinski definition) is 4. The summed E-state index contributed by atoms with van der Waals surface area (Å²) in [6.07, 6.45) is 1.21. The van der Waals surface area contributed by atoms with E-state index in [-0.39, 0.29) is 5.75 Å². The molecule has 0 radical (unpaired) electrons. The molecule has 17 heavy (non-hydrogen) atoms. The summed E-state index contributed by atoms with van der Waals surface area (Å²) in [7, 11) is 1.51. The third-order valence-electron chi connectivity index (χ3n) is 2.44. The van der Waals surface area contributed by atoms with E-state index in [9.17, 15) is 5.11 Å². The highest BCUT2D eigenvalue weighted by Crippen LogP contribution is 2.31. The topological polar surface area (TPSA) is 77.2 Å². The number of methoxy groups -OCH3 is 1. The average molecular weight is 232 g/mol. The standard InChI is InChI=1S/C13H16N2O2/c1-8(7-14)13(9(2)15)11-5-4-10(16)6-12(11)17-3/h4-7,14-16H,1-3H3/b13-8+,14-7?,15-9?. The second-order valence-electron chi connectivity index (χ2n) is 3.71. The molecule has 1 rings (SSSR count). The van der Waals surface area contributed by atoms with Crippen molar-refractivity contribution in [2.24, 2.45) is 0 Å². The minimum absolute atomic E-state index is 0.111. The number of benzene rings is 1. The lowest BCUT2D eigenvalue weighted by Crippen LogP contribution is -2.02. The molecule has 0 spiro atoms. The van der Waals surface area contributed by atoms with Crippen molar-refractivity contribution in [3.05, 3.63) is 29.3 Å². The summed E-state index contributed by atoms with van der Waals surface area (Å²) in [6.45, 7) is 3.43. The van der Waals surface area contributed by atoms with Crippen molar-refractivity contribution < 1.29 is 9.84 Å². The number of allylic oxidation sites excluding steroid dienone is 2. The first-order valence-corrected chi connectivity index (χ1v) is 5.15. The fourth-order valence-electron chi connectivity index (χ4n) is 1.67. The van der Waals surface area contributed by atoms with Crippen molar-refractivity contribution in [2.75, 3.05) is 7.11 Å². The second kappa shape index (κ2) is 5.30. The lowest BCUT2D eigenvalue weighted by atomic mass is 9.96. The summed E-state index contributed by atoms with van der Waals surface area (Å²) >= 11 is 0. The number of phenols is 1. The Balaban J connectivity index is 3.49. The lowest BCUT2D eigenvalue weighted by molar-refractivity contribution is 0.406. The van der Waals surface area contributed by atoms with Gasteiger partial charge in [0.25, 0.3) is 0 Å². The molecule has 0 aliphatic heterocycles. The van der Waals surface area contributed by atoms with Gasteiger partial charge in [-0.15, -0.1) is 0 Å². The molecule has 0 atom stereocenters. The zero-order chi connectivity index (χ0) is 13.0. The van der Waals surface area contributed by atoms with Crippen LogP contribution in [0.3, 0.4) is 0 Å². The molecule has 0 unspecified atom stereocenters. The first-order chi connectivity index (χ1) is 8.01. The normalized spacial score (nSPS) is 11.7. The summed E-state index contributed by atoms with van der Waals surface area (Å²) in [6, 6.07) is 4.72. The zero-order valence-corrected chi connectivity index (χ0v) is 10.2. The predicted molar refractivity (Wildman–Crippen MR) is 69.4 cm³/mol. The van der Waals surface area contributed by atoms with Gasteiger partial charge in [-0.2, -0.15) is 0 Å². The van der Waals surface area contributed by atoms with Crippen molar-refractivity contribution in [1.82, 2.24) is 0 Å². The van der Waals surface area contributed by atoms with Gasteiger partial charge in [0, 0.05) is 29.1 Å². The predicted octanol–water partition coefficient (Wildman–Crippen LogP) is 2.86. The minimum Gasteiger partial charge on any atom is -0.508 e. The van der Waals surface area contributed by atoms with Crippen LogP contribution in [0.5, 0.6) is 11.5 Å². The van der Waals surface area contributed by atoms with Gasteiger partial charge in [0.2, 0.25) is 0 Å². The van der Waals surface area contributed by atoms with Gasteiger partial charge in [-0.3, -0.25) is 0 Å². The second-order valence-corrected chi connectivity index (χ2v) is 3.71. The van der Waals surface area contributed by atoms with E-state index < -0.39 is 0 Å². The summed E-state index contributed by atoms with van der Waals surface area (Å²) in [5, 5.41) is 24.4. The van der Waals surface area contributed by atoms with Crippen LogP contribution in [0.1, 0.15) is 19.4 Å². The molecule has 0 heterocycles. The summed E-state index contributed by atoms with van der Waals surface area (Å²) in [4.78, 5) is 0. The Bertz CT molecular complexity index is 490. The fourth-order valence-corrected chi connectivity index (χ4v) is 1.67. The van der Waals surface area contributed by atoms with Crippen LogP contribution < -0.4 is 4.74 Å². The molecule has 0 aliphatic rings. The van der Waals surface area contributed by atoms with E-state index in [2.05, 4.69) is 0 Å². The molecule has 1 aromatic rings. The Morgan fingerprint density at radius 3 is 2.47 bits per heavy atom. The van der Waals surface area contributed by atoms with E-state index in [1.165, 1.54) is 25.5 Å².